The third-order valence-corrected chi connectivity index (χ3v) is 7.22. The van der Waals surface area contributed by atoms with Crippen molar-refractivity contribution in [3.8, 4) is 0 Å². The third-order valence-electron chi connectivity index (χ3n) is 7.22. The van der Waals surface area contributed by atoms with E-state index >= 15 is 0 Å². The first-order valence-electron chi connectivity index (χ1n) is 12.9. The van der Waals surface area contributed by atoms with E-state index in [2.05, 4.69) is 22.0 Å². The molecule has 3 heterocycles. The number of nitrogens with zero attached hydrogens (tertiary/aromatic N) is 3. The van der Waals surface area contributed by atoms with Gasteiger partial charge in [0.05, 0.1) is 6.04 Å². The lowest BCUT2D eigenvalue weighted by molar-refractivity contribution is -0.138. The van der Waals surface area contributed by atoms with Crippen LogP contribution in [0, 0.1) is 5.92 Å². The van der Waals surface area contributed by atoms with Gasteiger partial charge in [0.15, 0.2) is 5.78 Å². The number of nitrogens with one attached hydrogen (secondary N) is 1. The number of anilines is 1. The summed E-state index contributed by atoms with van der Waals surface area (Å²) < 4.78 is 5.51. The number of carbonyl (C=O) groups is 3. The van der Waals surface area contributed by atoms with Gasteiger partial charge in [-0.25, -0.2) is 0 Å². The molecule has 3 saturated heterocycles. The van der Waals surface area contributed by atoms with Crippen LogP contribution in [0.5, 0.6) is 0 Å². The van der Waals surface area contributed by atoms with Gasteiger partial charge in [-0.3, -0.25) is 19.3 Å². The second-order valence-corrected chi connectivity index (χ2v) is 10.4. The van der Waals surface area contributed by atoms with Crippen LogP contribution >= 0.6 is 40.5 Å². The molecule has 0 radical (unpaired) electrons. The van der Waals surface area contributed by atoms with Gasteiger partial charge in [0.25, 0.3) is 5.91 Å². The molecule has 0 saturated carbocycles. The fourth-order valence-electron chi connectivity index (χ4n) is 5.42. The smallest absolute Gasteiger partial charge is 0.251 e. The quantitative estimate of drug-likeness (QED) is 0.467. The van der Waals surface area contributed by atoms with E-state index in [4.69, 9.17) is 10.5 Å². The van der Waals surface area contributed by atoms with Crippen LogP contribution in [-0.2, 0) is 14.3 Å². The number of nitrogens with two attached hydrogens (primary N) is 1. The van der Waals surface area contributed by atoms with Gasteiger partial charge < -0.3 is 25.6 Å². The summed E-state index contributed by atoms with van der Waals surface area (Å²) in [6.45, 7) is 11.6. The first-order valence-corrected chi connectivity index (χ1v) is 12.9. The highest BCUT2D eigenvalue weighted by atomic mass is 32.1. The largest absolute Gasteiger partial charge is 0.369 e. The van der Waals surface area contributed by atoms with Crippen molar-refractivity contribution in [2.75, 3.05) is 50.8 Å². The molecule has 3 aliphatic rings. The topological polar surface area (TPSA) is 108 Å². The minimum Gasteiger partial charge on any atom is -0.369 e. The number of carbonyl (C=O) groups excluding carboxylic acids is 3. The normalized spacial score (nSPS) is 23.1. The summed E-state index contributed by atoms with van der Waals surface area (Å²) in [4.78, 5) is 45.2. The third kappa shape index (κ3) is 8.77. The maximum absolute atomic E-state index is 13.5. The van der Waals surface area contributed by atoms with Crippen molar-refractivity contribution in [3.63, 3.8) is 0 Å². The minimum atomic E-state index is -0.729. The number of rotatable bonds is 8. The maximum atomic E-state index is 13.5. The molecule has 3 fully saturated rings. The van der Waals surface area contributed by atoms with Gasteiger partial charge in [-0.1, -0.05) is 28.2 Å². The Bertz CT molecular complexity index is 929. The van der Waals surface area contributed by atoms with Crippen molar-refractivity contribution in [2.45, 2.75) is 65.3 Å². The lowest BCUT2D eigenvalue weighted by Gasteiger charge is -2.36. The number of benzene rings is 1. The summed E-state index contributed by atoms with van der Waals surface area (Å²) in [6.07, 6.45) is 1.18. The molecule has 2 amide bonds. The van der Waals surface area contributed by atoms with E-state index in [1.807, 2.05) is 38.1 Å². The molecule has 0 aromatic heterocycles. The van der Waals surface area contributed by atoms with E-state index in [1.54, 1.807) is 0 Å². The molecule has 39 heavy (non-hydrogen) atoms. The first kappa shape index (κ1) is 37.6. The molecule has 3 aliphatic heterocycles. The monoisotopic (exact) mass is 603 g/mol. The van der Waals surface area contributed by atoms with E-state index in [1.165, 1.54) is 11.3 Å². The van der Waals surface area contributed by atoms with Crippen molar-refractivity contribution in [2.24, 2.45) is 11.7 Å². The molecule has 4 atom stereocenters. The molecular formula is C27H49N5O4S3. The highest BCUT2D eigenvalue weighted by Gasteiger charge is 2.52. The van der Waals surface area contributed by atoms with E-state index in [0.29, 0.717) is 12.0 Å². The van der Waals surface area contributed by atoms with Crippen LogP contribution in [0.1, 0.15) is 51.4 Å². The Morgan fingerprint density at radius 3 is 2.26 bits per heavy atom. The van der Waals surface area contributed by atoms with Crippen LogP contribution < -0.4 is 16.0 Å². The Morgan fingerprint density at radius 2 is 1.69 bits per heavy atom. The van der Waals surface area contributed by atoms with Crippen molar-refractivity contribution in [1.82, 2.24) is 15.1 Å². The summed E-state index contributed by atoms with van der Waals surface area (Å²) in [5.74, 6) is -0.509. The van der Waals surface area contributed by atoms with Gasteiger partial charge in [0, 0.05) is 44.0 Å². The van der Waals surface area contributed by atoms with Crippen LogP contribution in [0.4, 0.5) is 5.69 Å². The van der Waals surface area contributed by atoms with Gasteiger partial charge in [-0.2, -0.15) is 40.5 Å². The van der Waals surface area contributed by atoms with Crippen molar-refractivity contribution in [3.05, 3.63) is 29.8 Å². The van der Waals surface area contributed by atoms with Gasteiger partial charge >= 0.3 is 0 Å². The summed E-state index contributed by atoms with van der Waals surface area (Å²) in [6, 6.07) is 5.80. The standard InChI is InChI=1S/C26H39N5O4.CH4.3H2S/c1-4-9-29-10-12-30(13-11-29)19-7-5-18(6-8-19)25(33)28-21(14-17(2)3)26(34)31-15-20(27)24-23(31)22(32)16-35-24;;;;/h5-8,17,20-21,23-24H,4,9-16,27H2,1-3H3,(H,28,33);1H4;3*1H2/t20-,21-,23+,24+;;;;/m0..../s1. The number of hydrogen-bond acceptors (Lipinski definition) is 7. The summed E-state index contributed by atoms with van der Waals surface area (Å²) in [7, 11) is 0. The lowest BCUT2D eigenvalue weighted by atomic mass is 10.0. The Hall–Kier alpha value is -1.44. The molecule has 12 heteroatoms. The van der Waals surface area contributed by atoms with Gasteiger partial charge in [0.2, 0.25) is 5.91 Å². The highest BCUT2D eigenvalue weighted by molar-refractivity contribution is 7.59. The number of likely N-dealkylation sites (tertiary alicyclic amines) is 1. The van der Waals surface area contributed by atoms with E-state index in [-0.39, 0.29) is 84.6 Å². The van der Waals surface area contributed by atoms with Gasteiger partial charge in [-0.15, -0.1) is 0 Å². The van der Waals surface area contributed by atoms with E-state index in [9.17, 15) is 14.4 Å². The van der Waals surface area contributed by atoms with Crippen molar-refractivity contribution in [1.29, 1.82) is 0 Å². The Labute approximate surface area is 254 Å². The van der Waals surface area contributed by atoms with Crippen LogP contribution in [0.25, 0.3) is 0 Å². The summed E-state index contributed by atoms with van der Waals surface area (Å²) in [5, 5.41) is 2.93. The number of ketones is 1. The van der Waals surface area contributed by atoms with Crippen LogP contribution in [0.2, 0.25) is 0 Å². The Balaban J connectivity index is 0.00000361. The number of fused-ring (bicyclic) bond motifs is 1. The van der Waals surface area contributed by atoms with E-state index in [0.717, 1.165) is 38.4 Å². The molecule has 0 spiro atoms. The molecular weight excluding hydrogens is 555 g/mol. The number of Topliss-reactive ketones (excluding diaryl/α,β-unsaturated/α-hetero) is 1. The number of hydrogen-bond donors (Lipinski definition) is 2. The molecule has 4 rings (SSSR count). The highest BCUT2D eigenvalue weighted by Crippen LogP contribution is 2.28. The number of piperazine rings is 1. The SMILES string of the molecule is C.CCCN1CCN(c2ccc(C(=O)N[C@@H](CC(C)C)C(=O)N3C[C@H](N)[C@H]4OCC(=O)[C@H]43)cc2)CC1.S.S.S. The molecule has 0 bridgehead atoms. The average molecular weight is 604 g/mol. The zero-order chi connectivity index (χ0) is 25.1. The number of amides is 2. The second kappa shape index (κ2) is 16.7. The summed E-state index contributed by atoms with van der Waals surface area (Å²) >= 11 is 0. The average Bonchev–Trinajstić information content (AvgIpc) is 3.39. The van der Waals surface area contributed by atoms with Crippen LogP contribution in [-0.4, -0.2) is 97.5 Å². The first-order chi connectivity index (χ1) is 16.8. The van der Waals surface area contributed by atoms with Crippen molar-refractivity contribution < 1.29 is 19.1 Å². The fourth-order valence-corrected chi connectivity index (χ4v) is 5.42. The lowest BCUT2D eigenvalue weighted by Crippen LogP contribution is -2.52. The molecule has 224 valence electrons. The molecule has 0 aliphatic carbocycles. The zero-order valence-corrected chi connectivity index (χ0v) is 25.6. The second-order valence-electron chi connectivity index (χ2n) is 10.4. The Kier molecular flexibility index (Phi) is 16.1. The van der Waals surface area contributed by atoms with E-state index < -0.39 is 24.2 Å². The zero-order valence-electron chi connectivity index (χ0n) is 22.6. The van der Waals surface area contributed by atoms with Gasteiger partial charge in [0.1, 0.15) is 24.8 Å². The van der Waals surface area contributed by atoms with Crippen LogP contribution in [0.3, 0.4) is 0 Å². The predicted molar refractivity (Wildman–Crippen MR) is 172 cm³/mol. The maximum Gasteiger partial charge on any atom is 0.251 e. The summed E-state index contributed by atoms with van der Waals surface area (Å²) in [5.41, 5.74) is 7.75. The van der Waals surface area contributed by atoms with Gasteiger partial charge in [-0.05, 0) is 49.6 Å². The fraction of sp³-hybridized carbons (Fsp3) is 0.667. The molecule has 1 aromatic rings. The Morgan fingerprint density at radius 1 is 1.08 bits per heavy atom. The molecule has 9 nitrogen and oxygen atoms in total. The molecule has 3 N–H and O–H groups in total. The molecule has 1 aromatic carbocycles. The van der Waals surface area contributed by atoms with Crippen LogP contribution in [0.15, 0.2) is 24.3 Å². The molecule has 0 unspecified atom stereocenters. The number of ether oxygens (including phenoxy) is 1. The minimum absolute atomic E-state index is 0. The van der Waals surface area contributed by atoms with Crippen molar-refractivity contribution >= 4 is 63.8 Å². The predicted octanol–water partition coefficient (Wildman–Crippen LogP) is 1.84.